The Kier molecular flexibility index (Phi) is 4.77. The highest BCUT2D eigenvalue weighted by molar-refractivity contribution is 6.29. The third-order valence-electron chi connectivity index (χ3n) is 3.20. The molecule has 3 nitrogen and oxygen atoms in total. The maximum atomic E-state index is 5.89. The van der Waals surface area contributed by atoms with Crippen molar-refractivity contribution in [2.24, 2.45) is 0 Å². The van der Waals surface area contributed by atoms with Crippen molar-refractivity contribution < 1.29 is 0 Å². The molecule has 0 atom stereocenters. The summed E-state index contributed by atoms with van der Waals surface area (Å²) in [5, 5.41) is 0.590. The summed E-state index contributed by atoms with van der Waals surface area (Å²) in [6.45, 7) is 9.14. The minimum atomic E-state index is 0.590. The molecule has 0 saturated carbocycles. The van der Waals surface area contributed by atoms with Crippen LogP contribution in [-0.4, -0.2) is 47.5 Å². The molecule has 0 amide bonds. The summed E-state index contributed by atoms with van der Waals surface area (Å²) in [6.07, 6.45) is 3.03. The highest BCUT2D eigenvalue weighted by atomic mass is 35.5. The van der Waals surface area contributed by atoms with Gasteiger partial charge in [-0.05, 0) is 30.7 Å². The molecule has 2 heterocycles. The minimum Gasteiger partial charge on any atom is -0.301 e. The number of halogens is 1. The molecule has 0 N–H and O–H groups in total. The van der Waals surface area contributed by atoms with Gasteiger partial charge in [0.25, 0.3) is 0 Å². The van der Waals surface area contributed by atoms with E-state index in [2.05, 4.69) is 21.7 Å². The summed E-state index contributed by atoms with van der Waals surface area (Å²) in [5.74, 6) is 0. The lowest BCUT2D eigenvalue weighted by Crippen LogP contribution is -2.45. The first-order chi connectivity index (χ1) is 8.28. The summed E-state index contributed by atoms with van der Waals surface area (Å²) >= 11 is 5.89. The van der Waals surface area contributed by atoms with Gasteiger partial charge in [0.05, 0.1) is 0 Å². The van der Waals surface area contributed by atoms with Crippen LogP contribution < -0.4 is 0 Å². The fourth-order valence-electron chi connectivity index (χ4n) is 2.29. The largest absolute Gasteiger partial charge is 0.301 e. The van der Waals surface area contributed by atoms with Crippen molar-refractivity contribution in [3.63, 3.8) is 0 Å². The molecule has 2 rings (SSSR count). The zero-order valence-electron chi connectivity index (χ0n) is 10.4. The molecule has 4 heteroatoms. The van der Waals surface area contributed by atoms with E-state index in [1.165, 1.54) is 31.6 Å². The van der Waals surface area contributed by atoms with E-state index in [-0.39, 0.29) is 0 Å². The van der Waals surface area contributed by atoms with Gasteiger partial charge >= 0.3 is 0 Å². The van der Waals surface area contributed by atoms with E-state index in [1.54, 1.807) is 6.20 Å². The first-order valence-corrected chi connectivity index (χ1v) is 6.71. The van der Waals surface area contributed by atoms with Gasteiger partial charge in [-0.15, -0.1) is 0 Å². The number of piperazine rings is 1. The van der Waals surface area contributed by atoms with Gasteiger partial charge in [0.1, 0.15) is 5.15 Å². The Morgan fingerprint density at radius 2 is 1.94 bits per heavy atom. The van der Waals surface area contributed by atoms with Gasteiger partial charge < -0.3 is 4.90 Å². The predicted molar refractivity (Wildman–Crippen MR) is 71.3 cm³/mol. The van der Waals surface area contributed by atoms with Gasteiger partial charge in [-0.2, -0.15) is 0 Å². The number of hydrogen-bond donors (Lipinski definition) is 0. The summed E-state index contributed by atoms with van der Waals surface area (Å²) in [4.78, 5) is 9.03. The molecule has 0 unspecified atom stereocenters. The highest BCUT2D eigenvalue weighted by Gasteiger charge is 2.15. The van der Waals surface area contributed by atoms with Crippen molar-refractivity contribution in [2.75, 3.05) is 32.7 Å². The maximum Gasteiger partial charge on any atom is 0.129 e. The first kappa shape index (κ1) is 12.8. The molecule has 17 heavy (non-hydrogen) atoms. The summed E-state index contributed by atoms with van der Waals surface area (Å²) < 4.78 is 0. The Labute approximate surface area is 108 Å². The second-order valence-electron chi connectivity index (χ2n) is 4.60. The minimum absolute atomic E-state index is 0.590. The fraction of sp³-hybridized carbons (Fsp3) is 0.615. The zero-order valence-corrected chi connectivity index (χ0v) is 11.2. The molecular weight excluding hydrogens is 234 g/mol. The molecule has 94 valence electrons. The second-order valence-corrected chi connectivity index (χ2v) is 4.99. The average molecular weight is 254 g/mol. The topological polar surface area (TPSA) is 19.4 Å². The Morgan fingerprint density at radius 3 is 2.59 bits per heavy atom. The number of aromatic nitrogens is 1. The van der Waals surface area contributed by atoms with E-state index in [4.69, 9.17) is 11.6 Å². The van der Waals surface area contributed by atoms with Crippen LogP contribution >= 0.6 is 11.6 Å². The van der Waals surface area contributed by atoms with Gasteiger partial charge in [0.2, 0.25) is 0 Å². The number of rotatable bonds is 4. The van der Waals surface area contributed by atoms with Crippen molar-refractivity contribution in [2.45, 2.75) is 19.9 Å². The van der Waals surface area contributed by atoms with Crippen molar-refractivity contribution in [1.82, 2.24) is 14.8 Å². The van der Waals surface area contributed by atoms with Gasteiger partial charge in [0, 0.05) is 38.9 Å². The monoisotopic (exact) mass is 253 g/mol. The van der Waals surface area contributed by atoms with E-state index in [0.29, 0.717) is 5.15 Å². The molecule has 1 aliphatic heterocycles. The molecule has 1 saturated heterocycles. The van der Waals surface area contributed by atoms with Crippen LogP contribution in [0.1, 0.15) is 18.9 Å². The quantitative estimate of drug-likeness (QED) is 0.768. The molecule has 1 aliphatic rings. The van der Waals surface area contributed by atoms with Crippen molar-refractivity contribution in [3.05, 3.63) is 29.0 Å². The molecule has 0 spiro atoms. The lowest BCUT2D eigenvalue weighted by atomic mass is 10.2. The smallest absolute Gasteiger partial charge is 0.129 e. The average Bonchev–Trinajstić information content (AvgIpc) is 2.32. The molecule has 0 radical (unpaired) electrons. The lowest BCUT2D eigenvalue weighted by Gasteiger charge is -2.34. The van der Waals surface area contributed by atoms with E-state index in [9.17, 15) is 0 Å². The van der Waals surface area contributed by atoms with Gasteiger partial charge in [-0.3, -0.25) is 4.90 Å². The van der Waals surface area contributed by atoms with Gasteiger partial charge in [-0.25, -0.2) is 4.98 Å². The summed E-state index contributed by atoms with van der Waals surface area (Å²) in [5.41, 5.74) is 1.26. The van der Waals surface area contributed by atoms with Gasteiger partial charge in [0.15, 0.2) is 0 Å². The lowest BCUT2D eigenvalue weighted by molar-refractivity contribution is 0.127. The first-order valence-electron chi connectivity index (χ1n) is 6.33. The Hall–Kier alpha value is -0.640. The van der Waals surface area contributed by atoms with E-state index >= 15 is 0 Å². The molecule has 0 bridgehead atoms. The van der Waals surface area contributed by atoms with Crippen LogP contribution in [0.15, 0.2) is 18.3 Å². The van der Waals surface area contributed by atoms with Gasteiger partial charge in [-0.1, -0.05) is 18.5 Å². The third kappa shape index (κ3) is 3.95. The Balaban J connectivity index is 1.82. The number of pyridine rings is 1. The van der Waals surface area contributed by atoms with Crippen molar-refractivity contribution in [3.8, 4) is 0 Å². The van der Waals surface area contributed by atoms with E-state index < -0.39 is 0 Å². The van der Waals surface area contributed by atoms with Crippen LogP contribution in [0.25, 0.3) is 0 Å². The SMILES string of the molecule is CCCN1CCN(Cc2ccnc(Cl)c2)CC1. The number of hydrogen-bond acceptors (Lipinski definition) is 3. The molecule has 0 aliphatic carbocycles. The van der Waals surface area contributed by atoms with Crippen LogP contribution in [0.4, 0.5) is 0 Å². The molecular formula is C13H20ClN3. The van der Waals surface area contributed by atoms with Crippen LogP contribution in [0.2, 0.25) is 5.15 Å². The van der Waals surface area contributed by atoms with E-state index in [1.807, 2.05) is 12.1 Å². The Morgan fingerprint density at radius 1 is 1.24 bits per heavy atom. The normalized spacial score (nSPS) is 18.5. The standard InChI is InChI=1S/C13H20ClN3/c1-2-5-16-6-8-17(9-7-16)11-12-3-4-15-13(14)10-12/h3-4,10H,2,5-9,11H2,1H3. The van der Waals surface area contributed by atoms with E-state index in [0.717, 1.165) is 19.6 Å². The summed E-state index contributed by atoms with van der Waals surface area (Å²) in [7, 11) is 0. The Bertz CT molecular complexity index is 348. The zero-order chi connectivity index (χ0) is 12.1. The molecule has 1 aromatic heterocycles. The van der Waals surface area contributed by atoms with Crippen molar-refractivity contribution in [1.29, 1.82) is 0 Å². The number of nitrogens with zero attached hydrogens (tertiary/aromatic N) is 3. The highest BCUT2D eigenvalue weighted by Crippen LogP contribution is 2.11. The molecule has 1 fully saturated rings. The predicted octanol–water partition coefficient (Wildman–Crippen LogP) is 2.26. The van der Waals surface area contributed by atoms with Crippen LogP contribution in [-0.2, 0) is 6.54 Å². The second kappa shape index (κ2) is 6.34. The maximum absolute atomic E-state index is 5.89. The van der Waals surface area contributed by atoms with Crippen molar-refractivity contribution >= 4 is 11.6 Å². The summed E-state index contributed by atoms with van der Waals surface area (Å²) in [6, 6.07) is 4.00. The van der Waals surface area contributed by atoms with Crippen LogP contribution in [0.3, 0.4) is 0 Å². The molecule has 0 aromatic carbocycles. The van der Waals surface area contributed by atoms with Crippen LogP contribution in [0, 0.1) is 0 Å². The fourth-order valence-corrected chi connectivity index (χ4v) is 2.48. The molecule has 1 aromatic rings. The third-order valence-corrected chi connectivity index (χ3v) is 3.41. The van der Waals surface area contributed by atoms with Crippen LogP contribution in [0.5, 0.6) is 0 Å².